The van der Waals surface area contributed by atoms with Gasteiger partial charge in [0, 0.05) is 24.2 Å². The number of rotatable bonds is 7. The molecule has 0 radical (unpaired) electrons. The molecular weight excluding hydrogens is 424 g/mol. The number of nitriles is 1. The first-order chi connectivity index (χ1) is 16.6. The number of nitrogens with one attached hydrogen (secondary N) is 1. The summed E-state index contributed by atoms with van der Waals surface area (Å²) in [6.45, 7) is 8.19. The van der Waals surface area contributed by atoms with Crippen molar-refractivity contribution in [3.8, 4) is 23.3 Å². The molecule has 0 bridgehead atoms. The number of benzene rings is 2. The van der Waals surface area contributed by atoms with E-state index in [2.05, 4.69) is 36.0 Å². The van der Waals surface area contributed by atoms with Crippen molar-refractivity contribution in [1.82, 2.24) is 14.9 Å². The fraction of sp³-hybridized carbons (Fsp3) is 0.393. The molecule has 1 amide bonds. The van der Waals surface area contributed by atoms with Crippen LogP contribution in [0.4, 0.5) is 0 Å². The quantitative estimate of drug-likeness (QED) is 0.509. The Hall–Kier alpha value is -3.59. The van der Waals surface area contributed by atoms with Gasteiger partial charge in [0.1, 0.15) is 5.82 Å². The predicted molar refractivity (Wildman–Crippen MR) is 133 cm³/mol. The maximum absolute atomic E-state index is 13.6. The Morgan fingerprint density at radius 1 is 1.12 bits per heavy atom. The third kappa shape index (κ3) is 4.84. The summed E-state index contributed by atoms with van der Waals surface area (Å²) in [4.78, 5) is 23.4. The molecule has 3 aromatic rings. The number of hydrogen-bond donors (Lipinski definition) is 1. The number of hydrogen-bond acceptors (Lipinski definition) is 4. The van der Waals surface area contributed by atoms with Crippen LogP contribution in [0.2, 0.25) is 0 Å². The van der Waals surface area contributed by atoms with Crippen molar-refractivity contribution in [2.24, 2.45) is 0 Å². The molecule has 0 saturated carbocycles. The zero-order valence-electron chi connectivity index (χ0n) is 20.2. The molecular formula is C28H32N4O2. The van der Waals surface area contributed by atoms with Crippen LogP contribution in [-0.4, -0.2) is 40.5 Å². The van der Waals surface area contributed by atoms with E-state index in [9.17, 15) is 4.79 Å². The molecule has 6 heteroatoms. The molecule has 1 aliphatic rings. The van der Waals surface area contributed by atoms with Gasteiger partial charge >= 0.3 is 0 Å². The highest BCUT2D eigenvalue weighted by Crippen LogP contribution is 2.32. The van der Waals surface area contributed by atoms with Crippen LogP contribution in [0.3, 0.4) is 0 Å². The Bertz CT molecular complexity index is 1180. The molecule has 1 fully saturated rings. The molecule has 0 unspecified atom stereocenters. The zero-order chi connectivity index (χ0) is 24.1. The van der Waals surface area contributed by atoms with Crippen LogP contribution >= 0.6 is 0 Å². The first kappa shape index (κ1) is 23.6. The van der Waals surface area contributed by atoms with Gasteiger partial charge in [0.05, 0.1) is 24.4 Å². The van der Waals surface area contributed by atoms with Crippen LogP contribution in [-0.2, 0) is 12.8 Å². The van der Waals surface area contributed by atoms with Crippen LogP contribution in [0, 0.1) is 11.3 Å². The Labute approximate surface area is 201 Å². The van der Waals surface area contributed by atoms with Crippen molar-refractivity contribution in [2.45, 2.75) is 52.4 Å². The van der Waals surface area contributed by atoms with E-state index in [1.165, 1.54) is 11.1 Å². The molecule has 0 atom stereocenters. The van der Waals surface area contributed by atoms with Crippen LogP contribution in [0.25, 0.3) is 11.4 Å². The average Bonchev–Trinajstić information content (AvgIpc) is 3.36. The molecule has 0 spiro atoms. The van der Waals surface area contributed by atoms with Crippen LogP contribution < -0.4 is 4.74 Å². The van der Waals surface area contributed by atoms with Crippen molar-refractivity contribution < 1.29 is 9.53 Å². The fourth-order valence-corrected chi connectivity index (χ4v) is 4.79. The van der Waals surface area contributed by atoms with Gasteiger partial charge in [0.15, 0.2) is 0 Å². The van der Waals surface area contributed by atoms with E-state index in [0.717, 1.165) is 61.3 Å². The molecule has 0 aliphatic carbocycles. The number of H-pyrrole nitrogens is 1. The first-order valence-electron chi connectivity index (χ1n) is 12.2. The van der Waals surface area contributed by atoms with E-state index in [-0.39, 0.29) is 5.91 Å². The number of nitrogens with zero attached hydrogens (tertiary/aromatic N) is 3. The molecule has 2 heterocycles. The molecule has 34 heavy (non-hydrogen) atoms. The lowest BCUT2D eigenvalue weighted by Gasteiger charge is -2.33. The van der Waals surface area contributed by atoms with E-state index >= 15 is 0 Å². The largest absolute Gasteiger partial charge is 0.478 e. The van der Waals surface area contributed by atoms with Crippen molar-refractivity contribution in [3.05, 3.63) is 70.4 Å². The van der Waals surface area contributed by atoms with Crippen molar-refractivity contribution in [2.75, 3.05) is 19.7 Å². The minimum Gasteiger partial charge on any atom is -0.478 e. The lowest BCUT2D eigenvalue weighted by molar-refractivity contribution is 0.0712. The summed E-state index contributed by atoms with van der Waals surface area (Å²) in [7, 11) is 0. The number of carbonyl (C=O) groups excluding carboxylic acids is 1. The zero-order valence-corrected chi connectivity index (χ0v) is 20.2. The number of carbonyl (C=O) groups is 1. The van der Waals surface area contributed by atoms with E-state index in [0.29, 0.717) is 24.0 Å². The summed E-state index contributed by atoms with van der Waals surface area (Å²) in [5.41, 5.74) is 5.90. The number of amides is 1. The Morgan fingerprint density at radius 3 is 2.44 bits per heavy atom. The number of aromatic nitrogens is 2. The third-order valence-electron chi connectivity index (χ3n) is 6.72. The second kappa shape index (κ2) is 10.6. The highest BCUT2D eigenvalue weighted by Gasteiger charge is 2.27. The van der Waals surface area contributed by atoms with Crippen LogP contribution in [0.5, 0.6) is 5.88 Å². The summed E-state index contributed by atoms with van der Waals surface area (Å²) in [5.74, 6) is 1.88. The van der Waals surface area contributed by atoms with E-state index < -0.39 is 0 Å². The number of piperidine rings is 1. The highest BCUT2D eigenvalue weighted by atomic mass is 16.5. The van der Waals surface area contributed by atoms with Gasteiger partial charge in [-0.3, -0.25) is 4.79 Å². The minimum absolute atomic E-state index is 0.0932. The molecule has 4 rings (SSSR count). The second-order valence-corrected chi connectivity index (χ2v) is 8.70. The van der Waals surface area contributed by atoms with Gasteiger partial charge in [-0.05, 0) is 73.4 Å². The Kier molecular flexibility index (Phi) is 7.32. The number of likely N-dealkylation sites (tertiary alicyclic amines) is 1. The fourth-order valence-electron chi connectivity index (χ4n) is 4.79. The van der Waals surface area contributed by atoms with E-state index in [4.69, 9.17) is 10.00 Å². The number of aromatic amines is 1. The van der Waals surface area contributed by atoms with E-state index in [1.54, 1.807) is 6.20 Å². The summed E-state index contributed by atoms with van der Waals surface area (Å²) < 4.78 is 5.55. The topological polar surface area (TPSA) is 82.0 Å². The predicted octanol–water partition coefficient (Wildman–Crippen LogP) is 5.49. The van der Waals surface area contributed by atoms with Crippen molar-refractivity contribution >= 4 is 5.91 Å². The monoisotopic (exact) mass is 456 g/mol. The standard InChI is InChI=1S/C28H32N4O2/c1-4-20-15-21(5-2)25(16-24(20)27-30-18-26(31-27)34-6-3)28(33)32-13-11-23(12-14-32)22-9-7-19(17-29)8-10-22/h7-10,15-16,18,23H,4-6,11-14H2,1-3H3,(H,30,31). The van der Waals surface area contributed by atoms with Crippen LogP contribution in [0.1, 0.15) is 72.1 Å². The van der Waals surface area contributed by atoms with Gasteiger partial charge in [-0.15, -0.1) is 0 Å². The van der Waals surface area contributed by atoms with Crippen molar-refractivity contribution in [1.29, 1.82) is 5.26 Å². The molecule has 1 N–H and O–H groups in total. The molecule has 176 valence electrons. The average molecular weight is 457 g/mol. The maximum atomic E-state index is 13.6. The summed E-state index contributed by atoms with van der Waals surface area (Å²) >= 11 is 0. The normalized spacial score (nSPS) is 14.1. The second-order valence-electron chi connectivity index (χ2n) is 8.70. The SMILES string of the molecule is CCOc1cnc(-c2cc(C(=O)N3CCC(c4ccc(C#N)cc4)CC3)c(CC)cc2CC)[nH]1. The van der Waals surface area contributed by atoms with Gasteiger partial charge in [0.2, 0.25) is 5.88 Å². The molecule has 6 nitrogen and oxygen atoms in total. The maximum Gasteiger partial charge on any atom is 0.254 e. The highest BCUT2D eigenvalue weighted by molar-refractivity contribution is 5.97. The first-order valence-corrected chi connectivity index (χ1v) is 12.2. The molecule has 1 aromatic heterocycles. The number of aryl methyl sites for hydroxylation is 2. The molecule has 1 aliphatic heterocycles. The Balaban J connectivity index is 1.55. The molecule has 2 aromatic carbocycles. The van der Waals surface area contributed by atoms with E-state index in [1.807, 2.05) is 42.2 Å². The smallest absolute Gasteiger partial charge is 0.254 e. The van der Waals surface area contributed by atoms with Gasteiger partial charge in [-0.2, -0.15) is 5.26 Å². The number of ether oxygens (including phenoxy) is 1. The summed E-state index contributed by atoms with van der Waals surface area (Å²) in [5, 5.41) is 9.03. The van der Waals surface area contributed by atoms with Gasteiger partial charge in [-0.25, -0.2) is 4.98 Å². The lowest BCUT2D eigenvalue weighted by Crippen LogP contribution is -2.38. The van der Waals surface area contributed by atoms with Gasteiger partial charge in [0.25, 0.3) is 5.91 Å². The number of imidazole rings is 1. The summed E-state index contributed by atoms with van der Waals surface area (Å²) in [6.07, 6.45) is 5.21. The third-order valence-corrected chi connectivity index (χ3v) is 6.72. The van der Waals surface area contributed by atoms with Gasteiger partial charge in [-0.1, -0.05) is 32.0 Å². The van der Waals surface area contributed by atoms with Crippen molar-refractivity contribution in [3.63, 3.8) is 0 Å². The summed E-state index contributed by atoms with van der Waals surface area (Å²) in [6, 6.07) is 14.2. The van der Waals surface area contributed by atoms with Gasteiger partial charge < -0.3 is 14.6 Å². The van der Waals surface area contributed by atoms with Crippen LogP contribution in [0.15, 0.2) is 42.6 Å². The Morgan fingerprint density at radius 2 is 1.82 bits per heavy atom. The lowest BCUT2D eigenvalue weighted by atomic mass is 9.88. The molecule has 1 saturated heterocycles. The minimum atomic E-state index is 0.0932.